The molecule has 0 fully saturated rings. The number of nitrogens with zero attached hydrogens (tertiary/aromatic N) is 1. The molecule has 0 aromatic carbocycles. The van der Waals surface area contributed by atoms with E-state index in [9.17, 15) is 0 Å². The molecule has 0 bridgehead atoms. The van der Waals surface area contributed by atoms with Crippen LogP contribution in [0.15, 0.2) is 0 Å². The minimum absolute atomic E-state index is 0. The van der Waals surface area contributed by atoms with Gasteiger partial charge in [0.15, 0.2) is 0 Å². The second-order valence-corrected chi connectivity index (χ2v) is 14.0. The maximum atomic E-state index is 2.52. The summed E-state index contributed by atoms with van der Waals surface area (Å²) in [6, 6.07) is 0. The fraction of sp³-hybridized carbons (Fsp3) is 1.00. The van der Waals surface area contributed by atoms with Gasteiger partial charge in [-0.1, -0.05) is 194 Å². The van der Waals surface area contributed by atoms with E-state index in [0.29, 0.717) is 0 Å². The van der Waals surface area contributed by atoms with Crippen LogP contribution in [0.25, 0.3) is 0 Å². The van der Waals surface area contributed by atoms with Crippen LogP contribution in [0.1, 0.15) is 226 Å². The average molecular weight is 645 g/mol. The lowest BCUT2D eigenvalue weighted by atomic mass is 10.0. The van der Waals surface area contributed by atoms with E-state index in [-0.39, 0.29) is 17.0 Å². The topological polar surface area (TPSA) is 0 Å². The third kappa shape index (κ3) is 34.8. The molecule has 41 heavy (non-hydrogen) atoms. The van der Waals surface area contributed by atoms with Crippen LogP contribution in [0.4, 0.5) is 0 Å². The van der Waals surface area contributed by atoms with Gasteiger partial charge in [0, 0.05) is 0 Å². The van der Waals surface area contributed by atoms with Crippen molar-refractivity contribution in [2.75, 3.05) is 26.7 Å². The normalized spacial score (nSPS) is 11.7. The summed E-state index contributed by atoms with van der Waals surface area (Å²) >= 11 is 0. The number of hydrogen-bond acceptors (Lipinski definition) is 0. The molecule has 0 N–H and O–H groups in total. The van der Waals surface area contributed by atoms with Crippen LogP contribution in [-0.4, -0.2) is 31.2 Å². The van der Waals surface area contributed by atoms with Crippen LogP contribution in [0.5, 0.6) is 0 Å². The lowest BCUT2D eigenvalue weighted by Gasteiger charge is -2.33. The molecule has 0 atom stereocenters. The van der Waals surface area contributed by atoms with Crippen molar-refractivity contribution in [1.29, 1.82) is 0 Å². The molecule has 0 amide bonds. The molecule has 0 saturated heterocycles. The fourth-order valence-corrected chi connectivity index (χ4v) is 6.51. The summed E-state index contributed by atoms with van der Waals surface area (Å²) in [5.74, 6) is 0. The molecule has 0 unspecified atom stereocenters. The number of hydrogen-bond donors (Lipinski definition) is 0. The van der Waals surface area contributed by atoms with Gasteiger partial charge in [0.2, 0.25) is 0 Å². The van der Waals surface area contributed by atoms with Crippen LogP contribution >= 0.6 is 0 Å². The zero-order chi connectivity index (χ0) is 29.2. The summed E-state index contributed by atoms with van der Waals surface area (Å²) in [6.07, 6.45) is 47.0. The molecule has 0 aliphatic carbocycles. The molecule has 0 rings (SSSR count). The van der Waals surface area contributed by atoms with Crippen molar-refractivity contribution < 1.29 is 21.5 Å². The van der Waals surface area contributed by atoms with Crippen molar-refractivity contribution in [2.45, 2.75) is 226 Å². The summed E-state index contributed by atoms with van der Waals surface area (Å²) in [7, 11) is 2.52. The van der Waals surface area contributed by atoms with E-state index < -0.39 is 0 Å². The van der Waals surface area contributed by atoms with Gasteiger partial charge in [0.1, 0.15) is 0 Å². The Morgan fingerprint density at radius 3 is 0.610 bits per heavy atom. The van der Waals surface area contributed by atoms with Gasteiger partial charge in [-0.25, -0.2) is 0 Å². The highest BCUT2D eigenvalue weighted by molar-refractivity contribution is 4.52. The molecule has 1 nitrogen and oxygen atoms in total. The van der Waals surface area contributed by atoms with Gasteiger partial charge in [-0.2, -0.15) is 0 Å². The van der Waals surface area contributed by atoms with Crippen molar-refractivity contribution in [3.63, 3.8) is 0 Å². The molecular formula is C39H82BrN. The Hall–Kier alpha value is 0.440. The van der Waals surface area contributed by atoms with Gasteiger partial charge in [-0.05, 0) is 32.6 Å². The Kier molecular flexibility index (Phi) is 38.9. The summed E-state index contributed by atoms with van der Waals surface area (Å²) in [5.41, 5.74) is 0. The zero-order valence-corrected chi connectivity index (χ0v) is 31.2. The monoisotopic (exact) mass is 644 g/mol. The maximum Gasteiger partial charge on any atom is 0.0784 e. The first kappa shape index (κ1) is 43.6. The van der Waals surface area contributed by atoms with E-state index in [1.165, 1.54) is 230 Å². The molecule has 0 aliphatic heterocycles. The smallest absolute Gasteiger partial charge is 0.0784 e. The molecule has 0 aromatic heterocycles. The van der Waals surface area contributed by atoms with E-state index in [0.717, 1.165) is 0 Å². The third-order valence-electron chi connectivity index (χ3n) is 9.87. The number of rotatable bonds is 35. The highest BCUT2D eigenvalue weighted by atomic mass is 79.9. The number of quaternary nitrogens is 1. The van der Waals surface area contributed by atoms with Crippen LogP contribution in [0, 0.1) is 0 Å². The lowest BCUT2D eigenvalue weighted by molar-refractivity contribution is -0.908. The summed E-state index contributed by atoms with van der Waals surface area (Å²) < 4.78 is 1.32. The predicted molar refractivity (Wildman–Crippen MR) is 186 cm³/mol. The third-order valence-corrected chi connectivity index (χ3v) is 9.87. The van der Waals surface area contributed by atoms with Crippen molar-refractivity contribution in [3.8, 4) is 0 Å². The van der Waals surface area contributed by atoms with Gasteiger partial charge < -0.3 is 21.5 Å². The number of halogens is 1. The Bertz CT molecular complexity index is 415. The second-order valence-electron chi connectivity index (χ2n) is 14.0. The van der Waals surface area contributed by atoms with E-state index in [1.54, 1.807) is 0 Å². The molecule has 0 aromatic rings. The molecular weight excluding hydrogens is 562 g/mol. The molecule has 0 saturated carbocycles. The van der Waals surface area contributed by atoms with Crippen LogP contribution < -0.4 is 17.0 Å². The minimum atomic E-state index is 0. The number of unbranched alkanes of at least 4 members (excludes halogenated alkanes) is 30. The van der Waals surface area contributed by atoms with Gasteiger partial charge >= 0.3 is 0 Å². The van der Waals surface area contributed by atoms with E-state index >= 15 is 0 Å². The Labute approximate surface area is 273 Å². The molecule has 0 spiro atoms. The van der Waals surface area contributed by atoms with Crippen LogP contribution in [-0.2, 0) is 0 Å². The quantitative estimate of drug-likeness (QED) is 0.0476. The minimum Gasteiger partial charge on any atom is -1.00 e. The SMILES string of the molecule is CCCCCCCCCCCCCCCCCC[N+](C)(CC)CCCCCCCCCCCCCCCCCC.[Br-]. The summed E-state index contributed by atoms with van der Waals surface area (Å²) in [4.78, 5) is 0. The predicted octanol–water partition coefficient (Wildman–Crippen LogP) is 11.0. The first-order valence-corrected chi connectivity index (χ1v) is 19.5. The fourth-order valence-electron chi connectivity index (χ4n) is 6.51. The highest BCUT2D eigenvalue weighted by Crippen LogP contribution is 2.17. The Morgan fingerprint density at radius 2 is 0.439 bits per heavy atom. The average Bonchev–Trinajstić information content (AvgIpc) is 2.96. The highest BCUT2D eigenvalue weighted by Gasteiger charge is 2.17. The zero-order valence-electron chi connectivity index (χ0n) is 29.6. The van der Waals surface area contributed by atoms with E-state index in [2.05, 4.69) is 27.8 Å². The summed E-state index contributed by atoms with van der Waals surface area (Å²) in [5, 5.41) is 0. The molecule has 0 heterocycles. The molecule has 0 radical (unpaired) electrons. The van der Waals surface area contributed by atoms with Gasteiger partial charge in [0.25, 0.3) is 0 Å². The van der Waals surface area contributed by atoms with Gasteiger partial charge in [0.05, 0.1) is 26.7 Å². The van der Waals surface area contributed by atoms with Crippen molar-refractivity contribution in [1.82, 2.24) is 0 Å². The Morgan fingerprint density at radius 1 is 0.268 bits per heavy atom. The van der Waals surface area contributed by atoms with E-state index in [1.807, 2.05) is 0 Å². The van der Waals surface area contributed by atoms with Crippen molar-refractivity contribution in [3.05, 3.63) is 0 Å². The first-order chi connectivity index (χ1) is 19.7. The summed E-state index contributed by atoms with van der Waals surface area (Å²) in [6.45, 7) is 11.2. The van der Waals surface area contributed by atoms with Crippen molar-refractivity contribution in [2.24, 2.45) is 0 Å². The first-order valence-electron chi connectivity index (χ1n) is 19.5. The largest absolute Gasteiger partial charge is 1.00 e. The van der Waals surface area contributed by atoms with Crippen molar-refractivity contribution >= 4 is 0 Å². The lowest BCUT2D eigenvalue weighted by Crippen LogP contribution is -3.00. The molecule has 0 aliphatic rings. The second kappa shape index (κ2) is 36.6. The molecule has 250 valence electrons. The van der Waals surface area contributed by atoms with E-state index in [4.69, 9.17) is 0 Å². The molecule has 2 heteroatoms. The maximum absolute atomic E-state index is 2.52. The van der Waals surface area contributed by atoms with Gasteiger partial charge in [-0.15, -0.1) is 0 Å². The van der Waals surface area contributed by atoms with Crippen LogP contribution in [0.3, 0.4) is 0 Å². The van der Waals surface area contributed by atoms with Gasteiger partial charge in [-0.3, -0.25) is 0 Å². The van der Waals surface area contributed by atoms with Crippen LogP contribution in [0.2, 0.25) is 0 Å². The Balaban J connectivity index is 0. The standard InChI is InChI=1S/C39H82N.BrH/c1-5-8-10-12-14-16-18-20-22-24-26-28-30-32-34-36-38-40(4,7-3)39-37-35-33-31-29-27-25-23-21-19-17-15-13-11-9-6-2;/h5-39H2,1-4H3;1H/q+1;/p-1.